The van der Waals surface area contributed by atoms with Gasteiger partial charge in [-0.1, -0.05) is 25.1 Å². The molecule has 7 heteroatoms. The Hall–Kier alpha value is -2.54. The summed E-state index contributed by atoms with van der Waals surface area (Å²) in [4.78, 5) is 12.9. The largest absolute Gasteiger partial charge is 0.507 e. The van der Waals surface area contributed by atoms with Crippen LogP contribution in [0.4, 0.5) is 5.69 Å². The van der Waals surface area contributed by atoms with Crippen LogP contribution in [0.25, 0.3) is 0 Å². The maximum Gasteiger partial charge on any atom is 0.343 e. The van der Waals surface area contributed by atoms with Crippen LogP contribution in [0.15, 0.2) is 45.5 Å². The van der Waals surface area contributed by atoms with Crippen molar-refractivity contribution in [1.29, 1.82) is 0 Å². The predicted molar refractivity (Wildman–Crippen MR) is 112 cm³/mol. The van der Waals surface area contributed by atoms with Gasteiger partial charge in [0.25, 0.3) is 10.0 Å². The van der Waals surface area contributed by atoms with Crippen molar-refractivity contribution in [3.8, 4) is 5.75 Å². The summed E-state index contributed by atoms with van der Waals surface area (Å²) in [5.74, 6) is 0.565. The molecule has 0 saturated heterocycles. The topological polar surface area (TPSA) is 96.6 Å². The molecule has 2 aliphatic rings. The number of benzene rings is 1. The van der Waals surface area contributed by atoms with E-state index in [4.69, 9.17) is 4.42 Å². The van der Waals surface area contributed by atoms with Gasteiger partial charge in [-0.3, -0.25) is 4.72 Å². The van der Waals surface area contributed by atoms with Crippen molar-refractivity contribution in [1.82, 2.24) is 0 Å². The van der Waals surface area contributed by atoms with Gasteiger partial charge >= 0.3 is 5.63 Å². The molecule has 0 aliphatic heterocycles. The van der Waals surface area contributed by atoms with E-state index in [-0.39, 0.29) is 17.6 Å². The average Bonchev–Trinajstić information content (AvgIpc) is 3.52. The maximum absolute atomic E-state index is 12.9. The summed E-state index contributed by atoms with van der Waals surface area (Å²) in [5, 5.41) is 11.9. The summed E-state index contributed by atoms with van der Waals surface area (Å²) in [6.07, 6.45) is 6.23. The summed E-state index contributed by atoms with van der Waals surface area (Å²) < 4.78 is 31.8. The quantitative estimate of drug-likeness (QED) is 0.694. The number of aryl methyl sites for hydroxylation is 1. The maximum atomic E-state index is 12.9. The van der Waals surface area contributed by atoms with E-state index in [1.165, 1.54) is 0 Å². The normalized spacial score (nSPS) is 17.8. The first-order valence-corrected chi connectivity index (χ1v) is 11.6. The Morgan fingerprint density at radius 3 is 2.69 bits per heavy atom. The van der Waals surface area contributed by atoms with E-state index in [0.717, 1.165) is 48.6 Å². The molecule has 4 rings (SSSR count). The number of aromatic hydroxyl groups is 1. The number of nitrogens with one attached hydrogen (secondary N) is 1. The Labute approximate surface area is 170 Å². The lowest BCUT2D eigenvalue weighted by Gasteiger charge is -2.20. The lowest BCUT2D eigenvalue weighted by atomic mass is 9.86. The molecule has 0 radical (unpaired) electrons. The van der Waals surface area contributed by atoms with Crippen LogP contribution in [0.3, 0.4) is 0 Å². The van der Waals surface area contributed by atoms with Crippen molar-refractivity contribution < 1.29 is 17.9 Å². The van der Waals surface area contributed by atoms with Gasteiger partial charge in [-0.05, 0) is 55.7 Å². The second-order valence-corrected chi connectivity index (χ2v) is 9.50. The molecule has 1 aromatic carbocycles. The molecule has 1 aromatic heterocycles. The van der Waals surface area contributed by atoms with Crippen molar-refractivity contribution in [3.63, 3.8) is 0 Å². The molecule has 1 fully saturated rings. The zero-order chi connectivity index (χ0) is 20.6. The first kappa shape index (κ1) is 19.8. The van der Waals surface area contributed by atoms with Crippen LogP contribution < -0.4 is 10.3 Å². The van der Waals surface area contributed by atoms with Gasteiger partial charge < -0.3 is 9.52 Å². The number of sulfonamides is 1. The minimum Gasteiger partial charge on any atom is -0.507 e. The van der Waals surface area contributed by atoms with Crippen molar-refractivity contribution >= 4 is 15.7 Å². The standard InChI is InChI=1S/C22H25NO5S/c1-2-29(26,27)23-16-8-6-7-15(13-16)19(14-11-12-14)20-21(24)17-9-4-3-5-10-18(17)28-22(20)25/h2,6-8,13-14,19,23-24H,1,3-5,9-12H2. The second-order valence-electron chi connectivity index (χ2n) is 7.87. The zero-order valence-corrected chi connectivity index (χ0v) is 17.0. The third kappa shape index (κ3) is 4.10. The lowest BCUT2D eigenvalue weighted by Crippen LogP contribution is -2.18. The van der Waals surface area contributed by atoms with Crippen molar-refractivity contribution in [3.05, 3.63) is 69.1 Å². The van der Waals surface area contributed by atoms with E-state index in [0.29, 0.717) is 29.9 Å². The van der Waals surface area contributed by atoms with Crippen molar-refractivity contribution in [2.45, 2.75) is 50.9 Å². The highest BCUT2D eigenvalue weighted by atomic mass is 32.2. The van der Waals surface area contributed by atoms with Crippen LogP contribution in [-0.2, 0) is 22.9 Å². The Bertz CT molecular complexity index is 1100. The lowest BCUT2D eigenvalue weighted by molar-refractivity contribution is 0.396. The zero-order valence-electron chi connectivity index (χ0n) is 16.2. The van der Waals surface area contributed by atoms with Crippen LogP contribution >= 0.6 is 0 Å². The Morgan fingerprint density at radius 2 is 1.97 bits per heavy atom. The predicted octanol–water partition coefficient (Wildman–Crippen LogP) is 4.04. The van der Waals surface area contributed by atoms with E-state index in [2.05, 4.69) is 11.3 Å². The molecule has 0 bridgehead atoms. The SMILES string of the molecule is C=CS(=O)(=O)Nc1cccc(C(c2c(O)c3c(oc2=O)CCCCC3)C2CC2)c1. The fourth-order valence-electron chi connectivity index (χ4n) is 4.22. The molecule has 1 heterocycles. The van der Waals surface area contributed by atoms with Crippen LogP contribution in [0.1, 0.15) is 60.5 Å². The van der Waals surface area contributed by atoms with Gasteiger partial charge in [-0.2, -0.15) is 0 Å². The van der Waals surface area contributed by atoms with Crippen LogP contribution in [0, 0.1) is 5.92 Å². The van der Waals surface area contributed by atoms with E-state index >= 15 is 0 Å². The molecule has 0 amide bonds. The number of hydrogen-bond donors (Lipinski definition) is 2. The van der Waals surface area contributed by atoms with Gasteiger partial charge in [0.15, 0.2) is 0 Å². The highest BCUT2D eigenvalue weighted by Gasteiger charge is 2.38. The smallest absolute Gasteiger partial charge is 0.343 e. The first-order chi connectivity index (χ1) is 13.9. The summed E-state index contributed by atoms with van der Waals surface area (Å²) >= 11 is 0. The molecule has 0 spiro atoms. The molecule has 1 saturated carbocycles. The van der Waals surface area contributed by atoms with Gasteiger partial charge in [-0.25, -0.2) is 13.2 Å². The van der Waals surface area contributed by atoms with Gasteiger partial charge in [0.2, 0.25) is 0 Å². The van der Waals surface area contributed by atoms with Crippen molar-refractivity contribution in [2.24, 2.45) is 5.92 Å². The van der Waals surface area contributed by atoms with Crippen molar-refractivity contribution in [2.75, 3.05) is 4.72 Å². The number of hydrogen-bond acceptors (Lipinski definition) is 5. The molecular formula is C22H25NO5S. The molecule has 1 atom stereocenters. The fraction of sp³-hybridized carbons (Fsp3) is 0.409. The first-order valence-electron chi connectivity index (χ1n) is 10.0. The Morgan fingerprint density at radius 1 is 1.21 bits per heavy atom. The highest BCUT2D eigenvalue weighted by Crippen LogP contribution is 2.49. The molecule has 2 N–H and O–H groups in total. The third-order valence-corrected chi connectivity index (χ3v) is 6.73. The molecule has 1 unspecified atom stereocenters. The molecule has 2 aliphatic carbocycles. The van der Waals surface area contributed by atoms with Gasteiger partial charge in [0.05, 0.1) is 5.56 Å². The molecule has 2 aromatic rings. The third-order valence-electron chi connectivity index (χ3n) is 5.77. The summed E-state index contributed by atoms with van der Waals surface area (Å²) in [5.41, 5.74) is 1.75. The number of rotatable bonds is 6. The van der Waals surface area contributed by atoms with Gasteiger partial charge in [0.1, 0.15) is 11.5 Å². The van der Waals surface area contributed by atoms with Crippen LogP contribution in [0.5, 0.6) is 5.75 Å². The van der Waals surface area contributed by atoms with Crippen LogP contribution in [-0.4, -0.2) is 13.5 Å². The Balaban J connectivity index is 1.80. The van der Waals surface area contributed by atoms with E-state index in [1.807, 2.05) is 6.07 Å². The van der Waals surface area contributed by atoms with Gasteiger partial charge in [-0.15, -0.1) is 0 Å². The highest BCUT2D eigenvalue weighted by molar-refractivity contribution is 7.95. The fourth-order valence-corrected chi connectivity index (χ4v) is 4.76. The second kappa shape index (κ2) is 7.71. The van der Waals surface area contributed by atoms with E-state index in [1.54, 1.807) is 18.2 Å². The van der Waals surface area contributed by atoms with Crippen LogP contribution in [0.2, 0.25) is 0 Å². The van der Waals surface area contributed by atoms with E-state index < -0.39 is 15.6 Å². The summed E-state index contributed by atoms with van der Waals surface area (Å²) in [6.45, 7) is 3.31. The molecule has 154 valence electrons. The monoisotopic (exact) mass is 415 g/mol. The number of fused-ring (bicyclic) bond motifs is 1. The average molecular weight is 416 g/mol. The minimum atomic E-state index is -3.63. The molecule has 6 nitrogen and oxygen atoms in total. The molecule has 29 heavy (non-hydrogen) atoms. The summed E-state index contributed by atoms with van der Waals surface area (Å²) in [7, 11) is -3.63. The molecular weight excluding hydrogens is 390 g/mol. The van der Waals surface area contributed by atoms with E-state index in [9.17, 15) is 18.3 Å². The minimum absolute atomic E-state index is 0.0622. The Kier molecular flexibility index (Phi) is 5.25. The van der Waals surface area contributed by atoms with Gasteiger partial charge in [0, 0.05) is 29.0 Å². The number of anilines is 1. The summed E-state index contributed by atoms with van der Waals surface area (Å²) in [6, 6.07) is 6.97.